The quantitative estimate of drug-likeness (QED) is 0.633. The normalized spacial score (nSPS) is 33.0. The van der Waals surface area contributed by atoms with Crippen LogP contribution < -0.4 is 0 Å². The van der Waals surface area contributed by atoms with Gasteiger partial charge in [-0.05, 0) is 20.4 Å². The fourth-order valence-corrected chi connectivity index (χ4v) is 1.60. The van der Waals surface area contributed by atoms with Gasteiger partial charge in [-0.2, -0.15) is 0 Å². The number of likely N-dealkylation sites (tertiary alicyclic amines) is 1. The molecule has 66 valence electrons. The highest BCUT2D eigenvalue weighted by Gasteiger charge is 2.28. The molecule has 3 nitrogen and oxygen atoms in total. The van der Waals surface area contributed by atoms with Crippen molar-refractivity contribution in [3.63, 3.8) is 0 Å². The van der Waals surface area contributed by atoms with Crippen LogP contribution in [0.15, 0.2) is 0 Å². The summed E-state index contributed by atoms with van der Waals surface area (Å²) in [5.74, 6) is 0. The van der Waals surface area contributed by atoms with Crippen LogP contribution in [-0.4, -0.2) is 49.0 Å². The third-order valence-electron chi connectivity index (χ3n) is 2.26. The second-order valence-electron chi connectivity index (χ2n) is 3.09. The first-order valence-electron chi connectivity index (χ1n) is 4.20. The second kappa shape index (κ2) is 4.04. The van der Waals surface area contributed by atoms with E-state index in [0.717, 1.165) is 19.6 Å². The SMILES string of the molecule is CCOC1CC(CO)N(C)C1. The summed E-state index contributed by atoms with van der Waals surface area (Å²) in [7, 11) is 2.03. The highest BCUT2D eigenvalue weighted by atomic mass is 16.5. The molecule has 11 heavy (non-hydrogen) atoms. The van der Waals surface area contributed by atoms with Crippen LogP contribution in [-0.2, 0) is 4.74 Å². The summed E-state index contributed by atoms with van der Waals surface area (Å²) in [5.41, 5.74) is 0. The van der Waals surface area contributed by atoms with Crippen LogP contribution in [0.1, 0.15) is 13.3 Å². The Kier molecular flexibility index (Phi) is 3.30. The van der Waals surface area contributed by atoms with Gasteiger partial charge < -0.3 is 9.84 Å². The average Bonchev–Trinajstić information content (AvgIpc) is 2.32. The molecule has 0 aliphatic carbocycles. The van der Waals surface area contributed by atoms with Gasteiger partial charge in [-0.15, -0.1) is 0 Å². The van der Waals surface area contributed by atoms with Gasteiger partial charge in [0.1, 0.15) is 0 Å². The molecule has 1 aliphatic rings. The summed E-state index contributed by atoms with van der Waals surface area (Å²) in [5, 5.41) is 8.93. The van der Waals surface area contributed by atoms with Crippen molar-refractivity contribution in [2.24, 2.45) is 0 Å². The average molecular weight is 159 g/mol. The zero-order chi connectivity index (χ0) is 8.27. The molecule has 0 bridgehead atoms. The minimum absolute atomic E-state index is 0.250. The molecule has 1 saturated heterocycles. The fourth-order valence-electron chi connectivity index (χ4n) is 1.60. The lowest BCUT2D eigenvalue weighted by Gasteiger charge is -2.14. The van der Waals surface area contributed by atoms with Crippen molar-refractivity contribution >= 4 is 0 Å². The first-order valence-corrected chi connectivity index (χ1v) is 4.20. The maximum atomic E-state index is 8.93. The Morgan fingerprint density at radius 2 is 2.36 bits per heavy atom. The maximum Gasteiger partial charge on any atom is 0.0717 e. The lowest BCUT2D eigenvalue weighted by molar-refractivity contribution is 0.0704. The molecule has 0 radical (unpaired) electrons. The second-order valence-corrected chi connectivity index (χ2v) is 3.09. The van der Waals surface area contributed by atoms with E-state index in [4.69, 9.17) is 9.84 Å². The third kappa shape index (κ3) is 2.15. The van der Waals surface area contributed by atoms with E-state index in [-0.39, 0.29) is 6.61 Å². The van der Waals surface area contributed by atoms with Gasteiger partial charge in [0.15, 0.2) is 0 Å². The molecule has 0 amide bonds. The largest absolute Gasteiger partial charge is 0.395 e. The molecule has 1 heterocycles. The van der Waals surface area contributed by atoms with Crippen LogP contribution in [0, 0.1) is 0 Å². The molecule has 1 rings (SSSR count). The number of aliphatic hydroxyl groups excluding tert-OH is 1. The molecule has 2 unspecified atom stereocenters. The van der Waals surface area contributed by atoms with Crippen molar-refractivity contribution in [3.8, 4) is 0 Å². The number of rotatable bonds is 3. The zero-order valence-corrected chi connectivity index (χ0v) is 7.29. The van der Waals surface area contributed by atoms with Gasteiger partial charge in [0.05, 0.1) is 12.7 Å². The molecule has 0 aromatic rings. The number of likely N-dealkylation sites (N-methyl/N-ethyl adjacent to an activating group) is 1. The first kappa shape index (κ1) is 8.97. The lowest BCUT2D eigenvalue weighted by atomic mass is 10.2. The summed E-state index contributed by atoms with van der Waals surface area (Å²) in [6, 6.07) is 0.312. The highest BCUT2D eigenvalue weighted by molar-refractivity contribution is 4.83. The van der Waals surface area contributed by atoms with E-state index in [1.54, 1.807) is 0 Å². The van der Waals surface area contributed by atoms with Crippen molar-refractivity contribution in [2.45, 2.75) is 25.5 Å². The predicted molar refractivity (Wildman–Crippen MR) is 43.5 cm³/mol. The van der Waals surface area contributed by atoms with Crippen LogP contribution in [0.25, 0.3) is 0 Å². The number of ether oxygens (including phenoxy) is 1. The molecule has 3 heteroatoms. The standard InChI is InChI=1S/C8H17NO2/c1-3-11-8-4-7(6-10)9(2)5-8/h7-8,10H,3-6H2,1-2H3. The molecule has 0 spiro atoms. The molecule has 0 aromatic heterocycles. The van der Waals surface area contributed by atoms with Crippen molar-refractivity contribution in [1.82, 2.24) is 4.90 Å². The van der Waals surface area contributed by atoms with Gasteiger partial charge in [-0.1, -0.05) is 0 Å². The van der Waals surface area contributed by atoms with Crippen molar-refractivity contribution in [2.75, 3.05) is 26.8 Å². The van der Waals surface area contributed by atoms with Gasteiger partial charge in [-0.25, -0.2) is 0 Å². The van der Waals surface area contributed by atoms with Crippen LogP contribution in [0.3, 0.4) is 0 Å². The Labute approximate surface area is 68.0 Å². The fraction of sp³-hybridized carbons (Fsp3) is 1.00. The van der Waals surface area contributed by atoms with E-state index in [9.17, 15) is 0 Å². The number of nitrogens with zero attached hydrogens (tertiary/aromatic N) is 1. The van der Waals surface area contributed by atoms with Gasteiger partial charge in [0.2, 0.25) is 0 Å². The molecule has 0 saturated carbocycles. The van der Waals surface area contributed by atoms with Crippen molar-refractivity contribution in [3.05, 3.63) is 0 Å². The van der Waals surface area contributed by atoms with E-state index < -0.39 is 0 Å². The van der Waals surface area contributed by atoms with Gasteiger partial charge in [0, 0.05) is 19.2 Å². The Hall–Kier alpha value is -0.120. The lowest BCUT2D eigenvalue weighted by Crippen LogP contribution is -2.28. The van der Waals surface area contributed by atoms with E-state index in [0.29, 0.717) is 12.1 Å². The predicted octanol–water partition coefficient (Wildman–Crippen LogP) is 0.0879. The van der Waals surface area contributed by atoms with E-state index in [1.165, 1.54) is 0 Å². The molecular formula is C8H17NO2. The van der Waals surface area contributed by atoms with Crippen LogP contribution >= 0.6 is 0 Å². The number of hydrogen-bond acceptors (Lipinski definition) is 3. The molecule has 1 aliphatic heterocycles. The summed E-state index contributed by atoms with van der Waals surface area (Å²) >= 11 is 0. The Bertz CT molecular complexity index is 119. The maximum absolute atomic E-state index is 8.93. The monoisotopic (exact) mass is 159 g/mol. The number of aliphatic hydroxyl groups is 1. The minimum atomic E-state index is 0.250. The van der Waals surface area contributed by atoms with Gasteiger partial charge >= 0.3 is 0 Å². The van der Waals surface area contributed by atoms with Crippen LogP contribution in [0.2, 0.25) is 0 Å². The molecule has 2 atom stereocenters. The van der Waals surface area contributed by atoms with Crippen molar-refractivity contribution in [1.29, 1.82) is 0 Å². The third-order valence-corrected chi connectivity index (χ3v) is 2.26. The van der Waals surface area contributed by atoms with E-state index >= 15 is 0 Å². The van der Waals surface area contributed by atoms with Gasteiger partial charge in [0.25, 0.3) is 0 Å². The zero-order valence-electron chi connectivity index (χ0n) is 7.29. The summed E-state index contributed by atoms with van der Waals surface area (Å²) in [4.78, 5) is 2.15. The smallest absolute Gasteiger partial charge is 0.0717 e. The Morgan fingerprint density at radius 3 is 2.82 bits per heavy atom. The topological polar surface area (TPSA) is 32.7 Å². The van der Waals surface area contributed by atoms with Crippen LogP contribution in [0.5, 0.6) is 0 Å². The van der Waals surface area contributed by atoms with Gasteiger partial charge in [-0.3, -0.25) is 4.90 Å². The highest BCUT2D eigenvalue weighted by Crippen LogP contribution is 2.17. The molecular weight excluding hydrogens is 142 g/mol. The Balaban J connectivity index is 2.30. The number of hydrogen-bond donors (Lipinski definition) is 1. The molecule has 0 aromatic carbocycles. The Morgan fingerprint density at radius 1 is 1.64 bits per heavy atom. The van der Waals surface area contributed by atoms with E-state index in [1.807, 2.05) is 14.0 Å². The van der Waals surface area contributed by atoms with Crippen LogP contribution in [0.4, 0.5) is 0 Å². The molecule has 1 N–H and O–H groups in total. The first-order chi connectivity index (χ1) is 5.27. The summed E-state index contributed by atoms with van der Waals surface area (Å²) in [6.45, 7) is 3.99. The summed E-state index contributed by atoms with van der Waals surface area (Å²) < 4.78 is 5.45. The minimum Gasteiger partial charge on any atom is -0.395 e. The van der Waals surface area contributed by atoms with E-state index in [2.05, 4.69) is 4.90 Å². The summed E-state index contributed by atoms with van der Waals surface area (Å²) in [6.07, 6.45) is 1.31. The molecule has 1 fully saturated rings. The van der Waals surface area contributed by atoms with Crippen molar-refractivity contribution < 1.29 is 9.84 Å².